The minimum absolute atomic E-state index is 0. The number of nitrogens with one attached hydrogen (secondary N) is 2. The molecule has 1 aliphatic rings. The van der Waals surface area contributed by atoms with Gasteiger partial charge >= 0.3 is 0 Å². The number of nitrogens with zero attached hydrogens (tertiary/aromatic N) is 1. The molecule has 2 heterocycles. The number of carbonyl (C=O) groups is 1. The number of carbonyl (C=O) groups excluding carboxylic acids is 1. The lowest BCUT2D eigenvalue weighted by molar-refractivity contribution is -0.121. The maximum absolute atomic E-state index is 12.2. The van der Waals surface area contributed by atoms with Crippen molar-refractivity contribution in [2.24, 2.45) is 0 Å². The van der Waals surface area contributed by atoms with Crippen LogP contribution in [-0.4, -0.2) is 29.5 Å². The molecule has 2 atom stereocenters. The number of piperidine rings is 1. The van der Waals surface area contributed by atoms with E-state index < -0.39 is 0 Å². The third-order valence-corrected chi connectivity index (χ3v) is 4.34. The molecule has 0 saturated carbocycles. The van der Waals surface area contributed by atoms with Gasteiger partial charge in [-0.3, -0.25) is 4.79 Å². The van der Waals surface area contributed by atoms with Gasteiger partial charge in [-0.05, 0) is 50.6 Å². The van der Waals surface area contributed by atoms with Crippen LogP contribution in [0.5, 0.6) is 0 Å². The molecule has 1 amide bonds. The number of oxazole rings is 1. The average molecular weight is 370 g/mol. The molecule has 3 rings (SSSR count). The van der Waals surface area contributed by atoms with Crippen LogP contribution in [0, 0.1) is 0 Å². The fourth-order valence-electron chi connectivity index (χ4n) is 2.78. The van der Waals surface area contributed by atoms with Crippen LogP contribution < -0.4 is 10.6 Å². The van der Waals surface area contributed by atoms with E-state index >= 15 is 0 Å². The molecule has 2 aromatic rings. The Hall–Kier alpha value is -1.56. The van der Waals surface area contributed by atoms with E-state index in [1.807, 2.05) is 12.1 Å². The Balaban J connectivity index is 0.00000208. The Morgan fingerprint density at radius 2 is 2.17 bits per heavy atom. The fourth-order valence-corrected chi connectivity index (χ4v) is 2.90. The highest BCUT2D eigenvalue weighted by Gasteiger charge is 2.22. The minimum atomic E-state index is -0.0264. The zero-order valence-corrected chi connectivity index (χ0v) is 15.0. The van der Waals surface area contributed by atoms with Crippen LogP contribution in [0.2, 0.25) is 5.02 Å². The molecule has 1 fully saturated rings. The van der Waals surface area contributed by atoms with Crippen LogP contribution in [0.1, 0.15) is 25.5 Å². The monoisotopic (exact) mass is 369 g/mol. The summed E-state index contributed by atoms with van der Waals surface area (Å²) in [6, 6.07) is 7.73. The second-order valence-electron chi connectivity index (χ2n) is 5.89. The van der Waals surface area contributed by atoms with Crippen molar-refractivity contribution < 1.29 is 9.21 Å². The smallest absolute Gasteiger partial charge is 0.226 e. The van der Waals surface area contributed by atoms with Gasteiger partial charge in [0.1, 0.15) is 6.26 Å². The van der Waals surface area contributed by atoms with E-state index in [2.05, 4.69) is 22.5 Å². The van der Waals surface area contributed by atoms with Crippen molar-refractivity contribution in [3.63, 3.8) is 0 Å². The molecule has 24 heavy (non-hydrogen) atoms. The first kappa shape index (κ1) is 18.8. The molecule has 1 saturated heterocycles. The summed E-state index contributed by atoms with van der Waals surface area (Å²) in [6.07, 6.45) is 3.85. The highest BCUT2D eigenvalue weighted by atomic mass is 35.5. The Labute approximate surface area is 152 Å². The molecule has 2 unspecified atom stereocenters. The van der Waals surface area contributed by atoms with Crippen molar-refractivity contribution >= 4 is 29.9 Å². The number of benzene rings is 1. The fraction of sp³-hybridized carbons (Fsp3) is 0.412. The van der Waals surface area contributed by atoms with Gasteiger partial charge in [-0.15, -0.1) is 12.4 Å². The van der Waals surface area contributed by atoms with Crippen molar-refractivity contribution in [1.82, 2.24) is 15.6 Å². The van der Waals surface area contributed by atoms with Crippen LogP contribution in [0.3, 0.4) is 0 Å². The molecule has 0 bridgehead atoms. The Bertz CT molecular complexity index is 673. The van der Waals surface area contributed by atoms with Crippen LogP contribution in [-0.2, 0) is 11.2 Å². The van der Waals surface area contributed by atoms with E-state index in [0.29, 0.717) is 22.6 Å². The van der Waals surface area contributed by atoms with Gasteiger partial charge in [0.25, 0.3) is 0 Å². The van der Waals surface area contributed by atoms with Gasteiger partial charge in [-0.2, -0.15) is 0 Å². The molecule has 1 aromatic heterocycles. The van der Waals surface area contributed by atoms with Crippen LogP contribution in [0.4, 0.5) is 0 Å². The van der Waals surface area contributed by atoms with E-state index in [4.69, 9.17) is 16.0 Å². The quantitative estimate of drug-likeness (QED) is 0.867. The van der Waals surface area contributed by atoms with Gasteiger partial charge in [-0.1, -0.05) is 11.6 Å². The van der Waals surface area contributed by atoms with E-state index in [0.717, 1.165) is 24.9 Å². The summed E-state index contributed by atoms with van der Waals surface area (Å²) in [5.41, 5.74) is 1.47. The standard InChI is InChI=1S/C17H20ClN3O2.ClH/c1-11-15(3-2-8-19-11)21-16(22)9-14-10-23-17(20-14)12-4-6-13(18)7-5-12;/h4-7,10-11,15,19H,2-3,8-9H2,1H3,(H,21,22);1H. The first-order valence-corrected chi connectivity index (χ1v) is 8.23. The number of aromatic nitrogens is 1. The van der Waals surface area contributed by atoms with Gasteiger partial charge in [0, 0.05) is 22.7 Å². The summed E-state index contributed by atoms with van der Waals surface area (Å²) in [5.74, 6) is 0.471. The molecule has 130 valence electrons. The average Bonchev–Trinajstić information content (AvgIpc) is 2.98. The number of rotatable bonds is 4. The van der Waals surface area contributed by atoms with Gasteiger partial charge in [-0.25, -0.2) is 4.98 Å². The molecule has 0 aliphatic carbocycles. The van der Waals surface area contributed by atoms with Crippen molar-refractivity contribution in [2.75, 3.05) is 6.54 Å². The van der Waals surface area contributed by atoms with Gasteiger partial charge in [0.05, 0.1) is 12.1 Å². The minimum Gasteiger partial charge on any atom is -0.444 e. The molecular weight excluding hydrogens is 349 g/mol. The van der Waals surface area contributed by atoms with E-state index in [9.17, 15) is 4.79 Å². The zero-order valence-electron chi connectivity index (χ0n) is 13.4. The Kier molecular flexibility index (Phi) is 6.66. The third kappa shape index (κ3) is 4.72. The van der Waals surface area contributed by atoms with Crippen LogP contribution in [0.15, 0.2) is 34.9 Å². The highest BCUT2D eigenvalue weighted by Crippen LogP contribution is 2.21. The number of amides is 1. The van der Waals surface area contributed by atoms with Crippen LogP contribution >= 0.6 is 24.0 Å². The predicted octanol–water partition coefficient (Wildman–Crippen LogP) is 3.22. The first-order chi connectivity index (χ1) is 11.1. The van der Waals surface area contributed by atoms with Gasteiger partial charge in [0.15, 0.2) is 0 Å². The molecule has 1 aliphatic heterocycles. The largest absolute Gasteiger partial charge is 0.444 e. The summed E-state index contributed by atoms with van der Waals surface area (Å²) in [7, 11) is 0. The second kappa shape index (κ2) is 8.51. The van der Waals surface area contributed by atoms with Crippen molar-refractivity contribution in [2.45, 2.75) is 38.3 Å². The Morgan fingerprint density at radius 3 is 2.88 bits per heavy atom. The normalized spacial score (nSPS) is 20.2. The lowest BCUT2D eigenvalue weighted by Gasteiger charge is -2.30. The summed E-state index contributed by atoms with van der Waals surface area (Å²) in [4.78, 5) is 16.6. The molecule has 7 heteroatoms. The first-order valence-electron chi connectivity index (χ1n) is 7.85. The summed E-state index contributed by atoms with van der Waals surface area (Å²) in [6.45, 7) is 3.11. The van der Waals surface area contributed by atoms with Crippen molar-refractivity contribution in [1.29, 1.82) is 0 Å². The maximum atomic E-state index is 12.2. The van der Waals surface area contributed by atoms with E-state index in [1.165, 1.54) is 6.26 Å². The molecule has 5 nitrogen and oxygen atoms in total. The zero-order chi connectivity index (χ0) is 16.2. The van der Waals surface area contributed by atoms with Crippen LogP contribution in [0.25, 0.3) is 11.5 Å². The van der Waals surface area contributed by atoms with Gasteiger partial charge in [0.2, 0.25) is 11.8 Å². The number of halogens is 2. The molecular formula is C17H21Cl2N3O2. The summed E-state index contributed by atoms with van der Waals surface area (Å²) >= 11 is 5.87. The maximum Gasteiger partial charge on any atom is 0.226 e. The number of hydrogen-bond donors (Lipinski definition) is 2. The summed E-state index contributed by atoms with van der Waals surface area (Å²) < 4.78 is 5.46. The third-order valence-electron chi connectivity index (χ3n) is 4.09. The molecule has 0 spiro atoms. The Morgan fingerprint density at radius 1 is 1.42 bits per heavy atom. The lowest BCUT2D eigenvalue weighted by atomic mass is 10.00. The lowest BCUT2D eigenvalue weighted by Crippen LogP contribution is -2.52. The predicted molar refractivity (Wildman–Crippen MR) is 96.5 cm³/mol. The summed E-state index contributed by atoms with van der Waals surface area (Å²) in [5, 5.41) is 7.11. The highest BCUT2D eigenvalue weighted by molar-refractivity contribution is 6.30. The van der Waals surface area contributed by atoms with Crippen molar-refractivity contribution in [3.8, 4) is 11.5 Å². The second-order valence-corrected chi connectivity index (χ2v) is 6.32. The SMILES string of the molecule is CC1NCCCC1NC(=O)Cc1coc(-c2ccc(Cl)cc2)n1.Cl. The van der Waals surface area contributed by atoms with E-state index in [1.54, 1.807) is 12.1 Å². The topological polar surface area (TPSA) is 67.2 Å². The molecule has 0 radical (unpaired) electrons. The molecule has 1 aromatic carbocycles. The number of hydrogen-bond acceptors (Lipinski definition) is 4. The van der Waals surface area contributed by atoms with Crippen molar-refractivity contribution in [3.05, 3.63) is 41.2 Å². The van der Waals surface area contributed by atoms with E-state index in [-0.39, 0.29) is 30.8 Å². The van der Waals surface area contributed by atoms with Gasteiger partial charge < -0.3 is 15.1 Å². The molecule has 2 N–H and O–H groups in total.